The van der Waals surface area contributed by atoms with Crippen molar-refractivity contribution in [2.75, 3.05) is 17.2 Å². The first-order valence-corrected chi connectivity index (χ1v) is 13.5. The molecule has 3 aliphatic rings. The van der Waals surface area contributed by atoms with Gasteiger partial charge in [-0.25, -0.2) is 4.79 Å². The molecule has 3 aromatic carbocycles. The van der Waals surface area contributed by atoms with E-state index in [1.165, 1.54) is 11.1 Å². The van der Waals surface area contributed by atoms with Crippen LogP contribution < -0.4 is 16.0 Å². The molecule has 5 atom stereocenters. The maximum atomic E-state index is 14.2. The molecular formula is C31H34N4O2. The van der Waals surface area contributed by atoms with Crippen LogP contribution in [0, 0.1) is 11.8 Å². The average Bonchev–Trinajstić information content (AvgIpc) is 3.39. The fourth-order valence-electron chi connectivity index (χ4n) is 6.63. The number of rotatable bonds is 4. The van der Waals surface area contributed by atoms with Crippen LogP contribution in [0.15, 0.2) is 84.9 Å². The fourth-order valence-corrected chi connectivity index (χ4v) is 6.63. The Hall–Kier alpha value is -3.80. The molecule has 0 aromatic heterocycles. The third kappa shape index (κ3) is 4.68. The molecule has 190 valence electrons. The number of urea groups is 1. The highest BCUT2D eigenvalue weighted by Crippen LogP contribution is 2.51. The minimum Gasteiger partial charge on any atom is -0.378 e. The predicted octanol–water partition coefficient (Wildman–Crippen LogP) is 6.12. The molecule has 3 N–H and O–H groups in total. The first-order valence-electron chi connectivity index (χ1n) is 13.5. The third-order valence-corrected chi connectivity index (χ3v) is 8.34. The van der Waals surface area contributed by atoms with Crippen molar-refractivity contribution in [2.24, 2.45) is 11.8 Å². The maximum absolute atomic E-state index is 14.2. The molecule has 6 nitrogen and oxygen atoms in total. The number of hydrogen-bond acceptors (Lipinski definition) is 3. The SMILES string of the molecule is O=C(Nc1ccccc1)N[C@@H]1CCCC[C@@H]1C(=O)N1CC[C@@H]2[C@H](c3ccccc3)Nc3ccccc3[C@@H]21. The Labute approximate surface area is 218 Å². The van der Waals surface area contributed by atoms with Crippen LogP contribution in [0.5, 0.6) is 0 Å². The predicted molar refractivity (Wildman–Crippen MR) is 146 cm³/mol. The standard InChI is InChI=1S/C31H34N4O2/c36-30(24-16-8-10-18-27(24)34-31(37)32-22-13-5-2-6-14-22)35-20-19-25-28(21-11-3-1-4-12-21)33-26-17-9-7-15-23(26)29(25)35/h1-7,9,11-15,17,24-25,27-29,33H,8,10,16,18-20H2,(H2,32,34,37)/t24-,25+,27+,28-,29-/m0/s1. The van der Waals surface area contributed by atoms with E-state index in [2.05, 4.69) is 69.4 Å². The number of nitrogens with one attached hydrogen (secondary N) is 3. The molecule has 2 aliphatic heterocycles. The van der Waals surface area contributed by atoms with Crippen molar-refractivity contribution in [3.63, 3.8) is 0 Å². The molecule has 0 unspecified atom stereocenters. The molecule has 3 amide bonds. The monoisotopic (exact) mass is 494 g/mol. The molecule has 6 heteroatoms. The van der Waals surface area contributed by atoms with Crippen molar-refractivity contribution in [1.29, 1.82) is 0 Å². The van der Waals surface area contributed by atoms with Crippen molar-refractivity contribution < 1.29 is 9.59 Å². The number of amides is 3. The summed E-state index contributed by atoms with van der Waals surface area (Å²) in [4.78, 5) is 29.1. The second-order valence-electron chi connectivity index (χ2n) is 10.5. The van der Waals surface area contributed by atoms with Crippen LogP contribution in [0.4, 0.5) is 16.2 Å². The highest BCUT2D eigenvalue weighted by molar-refractivity contribution is 5.90. The minimum absolute atomic E-state index is 0.0378. The molecule has 37 heavy (non-hydrogen) atoms. The molecular weight excluding hydrogens is 460 g/mol. The van der Waals surface area contributed by atoms with Gasteiger partial charge in [-0.2, -0.15) is 0 Å². The van der Waals surface area contributed by atoms with Crippen molar-refractivity contribution in [3.05, 3.63) is 96.1 Å². The zero-order valence-electron chi connectivity index (χ0n) is 21.0. The zero-order chi connectivity index (χ0) is 25.2. The van der Waals surface area contributed by atoms with Crippen molar-refractivity contribution in [2.45, 2.75) is 50.2 Å². The summed E-state index contributed by atoms with van der Waals surface area (Å²) < 4.78 is 0. The van der Waals surface area contributed by atoms with Gasteiger partial charge in [0.05, 0.1) is 18.0 Å². The van der Waals surface area contributed by atoms with Crippen LogP contribution >= 0.6 is 0 Å². The van der Waals surface area contributed by atoms with Crippen molar-refractivity contribution in [3.8, 4) is 0 Å². The molecule has 3 aromatic rings. The molecule has 6 rings (SSSR count). The van der Waals surface area contributed by atoms with Gasteiger partial charge in [0, 0.05) is 29.9 Å². The van der Waals surface area contributed by atoms with Gasteiger partial charge in [0.25, 0.3) is 0 Å². The van der Waals surface area contributed by atoms with E-state index in [0.717, 1.165) is 50.0 Å². The lowest BCUT2D eigenvalue weighted by Gasteiger charge is -2.42. The Morgan fingerprint density at radius 1 is 0.811 bits per heavy atom. The Bertz CT molecular complexity index is 1250. The molecule has 0 bridgehead atoms. The number of fused-ring (bicyclic) bond motifs is 3. The average molecular weight is 495 g/mol. The summed E-state index contributed by atoms with van der Waals surface area (Å²) in [5, 5.41) is 9.83. The normalized spacial score (nSPS) is 26.4. The minimum atomic E-state index is -0.244. The lowest BCUT2D eigenvalue weighted by molar-refractivity contribution is -0.138. The van der Waals surface area contributed by atoms with Gasteiger partial charge < -0.3 is 20.9 Å². The molecule has 1 aliphatic carbocycles. The van der Waals surface area contributed by atoms with E-state index in [9.17, 15) is 9.59 Å². The number of hydrogen-bond donors (Lipinski definition) is 3. The van der Waals surface area contributed by atoms with Crippen molar-refractivity contribution in [1.82, 2.24) is 10.2 Å². The third-order valence-electron chi connectivity index (χ3n) is 8.34. The van der Waals surface area contributed by atoms with Gasteiger partial charge in [-0.15, -0.1) is 0 Å². The quantitative estimate of drug-likeness (QED) is 0.409. The van der Waals surface area contributed by atoms with E-state index in [4.69, 9.17) is 0 Å². The van der Waals surface area contributed by atoms with Crippen LogP contribution in [-0.4, -0.2) is 29.4 Å². The molecule has 2 heterocycles. The first kappa shape index (κ1) is 23.6. The summed E-state index contributed by atoms with van der Waals surface area (Å²) in [6.07, 6.45) is 4.63. The summed E-state index contributed by atoms with van der Waals surface area (Å²) in [5.74, 6) is 0.282. The van der Waals surface area contributed by atoms with Gasteiger partial charge in [-0.05, 0) is 48.6 Å². The smallest absolute Gasteiger partial charge is 0.319 e. The summed E-state index contributed by atoms with van der Waals surface area (Å²) in [5.41, 5.74) is 4.32. The number of para-hydroxylation sites is 2. The van der Waals surface area contributed by atoms with E-state index < -0.39 is 0 Å². The highest BCUT2D eigenvalue weighted by Gasteiger charge is 2.48. The Morgan fingerprint density at radius 3 is 2.32 bits per heavy atom. The van der Waals surface area contributed by atoms with Crippen LogP contribution in [-0.2, 0) is 4.79 Å². The number of benzene rings is 3. The van der Waals surface area contributed by atoms with E-state index in [0.29, 0.717) is 5.92 Å². The maximum Gasteiger partial charge on any atom is 0.319 e. The molecule has 1 saturated carbocycles. The lowest BCUT2D eigenvalue weighted by atomic mass is 9.79. The molecule has 0 radical (unpaired) electrons. The van der Waals surface area contributed by atoms with Crippen molar-refractivity contribution >= 4 is 23.3 Å². The zero-order valence-corrected chi connectivity index (χ0v) is 21.0. The number of anilines is 2. The second kappa shape index (κ2) is 10.3. The van der Waals surface area contributed by atoms with Gasteiger partial charge in [-0.1, -0.05) is 79.6 Å². The van der Waals surface area contributed by atoms with Gasteiger partial charge in [-0.3, -0.25) is 4.79 Å². The van der Waals surface area contributed by atoms with Gasteiger partial charge >= 0.3 is 6.03 Å². The van der Waals surface area contributed by atoms with Crippen LogP contribution in [0.3, 0.4) is 0 Å². The second-order valence-corrected chi connectivity index (χ2v) is 10.5. The van der Waals surface area contributed by atoms with E-state index in [1.54, 1.807) is 0 Å². The Morgan fingerprint density at radius 2 is 1.51 bits per heavy atom. The largest absolute Gasteiger partial charge is 0.378 e. The summed E-state index contributed by atoms with van der Waals surface area (Å²) >= 11 is 0. The van der Waals surface area contributed by atoms with E-state index in [-0.39, 0.29) is 36.0 Å². The first-order chi connectivity index (χ1) is 18.2. The van der Waals surface area contributed by atoms with Crippen LogP contribution in [0.25, 0.3) is 0 Å². The molecule has 1 saturated heterocycles. The number of carbonyl (C=O) groups excluding carboxylic acids is 2. The van der Waals surface area contributed by atoms with Gasteiger partial charge in [0.1, 0.15) is 0 Å². The fraction of sp³-hybridized carbons (Fsp3) is 0.355. The summed E-state index contributed by atoms with van der Waals surface area (Å²) in [6.45, 7) is 0.743. The number of likely N-dealkylation sites (tertiary alicyclic amines) is 1. The lowest BCUT2D eigenvalue weighted by Crippen LogP contribution is -2.51. The topological polar surface area (TPSA) is 73.5 Å². The summed E-state index contributed by atoms with van der Waals surface area (Å²) in [7, 11) is 0. The van der Waals surface area contributed by atoms with Gasteiger partial charge in [0.2, 0.25) is 5.91 Å². The number of carbonyl (C=O) groups is 2. The molecule has 2 fully saturated rings. The Kier molecular flexibility index (Phi) is 6.56. The summed E-state index contributed by atoms with van der Waals surface area (Å²) in [6, 6.07) is 28.2. The Balaban J connectivity index is 1.24. The highest BCUT2D eigenvalue weighted by atomic mass is 16.2. The number of nitrogens with zero attached hydrogens (tertiary/aromatic N) is 1. The molecule has 0 spiro atoms. The van der Waals surface area contributed by atoms with E-state index >= 15 is 0 Å². The van der Waals surface area contributed by atoms with Crippen LogP contribution in [0.2, 0.25) is 0 Å². The van der Waals surface area contributed by atoms with Crippen LogP contribution in [0.1, 0.15) is 55.3 Å². The van der Waals surface area contributed by atoms with E-state index in [1.807, 2.05) is 36.4 Å². The van der Waals surface area contributed by atoms with Gasteiger partial charge in [0.15, 0.2) is 0 Å².